The van der Waals surface area contributed by atoms with Crippen molar-refractivity contribution in [3.05, 3.63) is 146 Å². The summed E-state index contributed by atoms with van der Waals surface area (Å²) in [6.07, 6.45) is 33.1. The maximum Gasteiger partial charge on any atom is -0.0162 e. The summed E-state index contributed by atoms with van der Waals surface area (Å²) < 4.78 is 0. The van der Waals surface area contributed by atoms with Gasteiger partial charge in [-0.15, -0.1) is 93.9 Å². The van der Waals surface area contributed by atoms with E-state index in [4.69, 9.17) is 0 Å². The number of benzene rings is 4. The Hall–Kier alpha value is -2.22. The molecular weight excluding hydrogens is 1010 g/mol. The number of rotatable bonds is 8. The molecule has 0 heterocycles. The van der Waals surface area contributed by atoms with Gasteiger partial charge >= 0.3 is 30.2 Å². The SMILES string of the molecule is Cl.Cl.[CH2-]CC.[CH3-].[Si]=[Zr].c1cc(-c2ccc(C3CCCCC3)cc2)c2cc(CC3C4CC5CC(C4)CC3C5)[cH-]c2c1.c1cc(-c2ccc(C3CCCCC3)cc2)c2cc(CC3C4CC5CC(C4)CC3C5)[cH-]c2c1. The third-order valence-electron chi connectivity index (χ3n) is 20.0. The fourth-order valence-electron chi connectivity index (χ4n) is 17.4. The van der Waals surface area contributed by atoms with E-state index in [0.29, 0.717) is 0 Å². The molecule has 4 heteroatoms. The Morgan fingerprint density at radius 3 is 1.11 bits per heavy atom. The van der Waals surface area contributed by atoms with Crippen LogP contribution in [0.2, 0.25) is 0 Å². The number of hydrogen-bond acceptors (Lipinski definition) is 0. The summed E-state index contributed by atoms with van der Waals surface area (Å²) in [6.45, 7) is 8.56. The third-order valence-corrected chi connectivity index (χ3v) is 20.0. The van der Waals surface area contributed by atoms with Gasteiger partial charge in [-0.25, -0.2) is 0 Å². The van der Waals surface area contributed by atoms with Crippen LogP contribution < -0.4 is 0 Å². The third kappa shape index (κ3) is 12.1. The first-order chi connectivity index (χ1) is 34.0. The summed E-state index contributed by atoms with van der Waals surface area (Å²) in [5, 5.41) is 5.82. The van der Waals surface area contributed by atoms with Gasteiger partial charge in [0, 0.05) is 0 Å². The van der Waals surface area contributed by atoms with Crippen molar-refractivity contribution in [2.24, 2.45) is 59.2 Å². The van der Waals surface area contributed by atoms with Crippen LogP contribution in [0.15, 0.2) is 109 Å². The van der Waals surface area contributed by atoms with Gasteiger partial charge in [0.1, 0.15) is 0 Å². The van der Waals surface area contributed by atoms with Crippen LogP contribution in [0, 0.1) is 73.5 Å². The van der Waals surface area contributed by atoms with Crippen LogP contribution in [0.4, 0.5) is 0 Å². The van der Waals surface area contributed by atoms with Gasteiger partial charge in [-0.1, -0.05) is 117 Å². The maximum absolute atomic E-state index is 3.49. The smallest absolute Gasteiger partial charge is 0.0162 e. The number of hydrogen-bond donors (Lipinski definition) is 0. The zero-order valence-electron chi connectivity index (χ0n) is 44.1. The largest absolute Gasteiger partial charge is 0.164 e. The molecule has 10 aliphatic carbocycles. The van der Waals surface area contributed by atoms with Crippen LogP contribution in [0.5, 0.6) is 0 Å². The Labute approximate surface area is 466 Å². The Kier molecular flexibility index (Phi) is 20.0. The van der Waals surface area contributed by atoms with Gasteiger partial charge in [0.2, 0.25) is 0 Å². The minimum absolute atomic E-state index is 0. The fourth-order valence-corrected chi connectivity index (χ4v) is 17.4. The van der Waals surface area contributed by atoms with Gasteiger partial charge in [0.25, 0.3) is 0 Å². The normalized spacial score (nSPS) is 28.8. The van der Waals surface area contributed by atoms with E-state index in [9.17, 15) is 0 Å². The Bertz CT molecular complexity index is 2370. The van der Waals surface area contributed by atoms with Crippen molar-refractivity contribution in [2.75, 3.05) is 0 Å². The van der Waals surface area contributed by atoms with E-state index in [1.807, 2.05) is 6.92 Å². The molecule has 10 aliphatic rings. The molecule has 8 bridgehead atoms. The average molecular weight is 1090 g/mol. The van der Waals surface area contributed by atoms with Crippen molar-refractivity contribution >= 4 is 53.2 Å². The molecule has 0 amide bonds. The van der Waals surface area contributed by atoms with Crippen LogP contribution in [0.3, 0.4) is 0 Å². The fraction of sp³-hybridized carbons (Fsp3) is 0.529. The predicted molar refractivity (Wildman–Crippen MR) is 312 cm³/mol. The summed E-state index contributed by atoms with van der Waals surface area (Å²) >= 11 is 1.36. The van der Waals surface area contributed by atoms with Crippen molar-refractivity contribution < 1.29 is 23.3 Å². The van der Waals surface area contributed by atoms with E-state index in [2.05, 4.69) is 123 Å². The molecule has 2 radical (unpaired) electrons. The van der Waals surface area contributed by atoms with Crippen LogP contribution in [0.25, 0.3) is 43.8 Å². The molecule has 16 rings (SSSR count). The monoisotopic (exact) mass is 1090 g/mol. The van der Waals surface area contributed by atoms with Crippen molar-refractivity contribution in [3.8, 4) is 22.3 Å². The first-order valence-electron chi connectivity index (χ1n) is 28.6. The quantitative estimate of drug-likeness (QED) is 0.105. The molecule has 10 saturated carbocycles. The molecule has 384 valence electrons. The molecule has 0 saturated heterocycles. The molecule has 72 heavy (non-hydrogen) atoms. The van der Waals surface area contributed by atoms with E-state index >= 15 is 0 Å². The first-order valence-corrected chi connectivity index (χ1v) is 32.8. The van der Waals surface area contributed by atoms with Gasteiger partial charge < -0.3 is 14.4 Å². The molecule has 6 aromatic rings. The van der Waals surface area contributed by atoms with Crippen molar-refractivity contribution in [3.63, 3.8) is 0 Å². The zero-order chi connectivity index (χ0) is 46.8. The molecule has 0 aliphatic heterocycles. The second kappa shape index (κ2) is 25.7. The summed E-state index contributed by atoms with van der Waals surface area (Å²) in [5.41, 5.74) is 12.0. The van der Waals surface area contributed by atoms with E-state index in [1.165, 1.54) is 196 Å². The van der Waals surface area contributed by atoms with Crippen LogP contribution in [-0.2, 0) is 36.2 Å². The van der Waals surface area contributed by atoms with Gasteiger partial charge in [-0.2, -0.15) is 18.6 Å². The van der Waals surface area contributed by atoms with Crippen LogP contribution in [-0.4, -0.2) is 6.88 Å². The Morgan fingerprint density at radius 2 is 0.792 bits per heavy atom. The Balaban J connectivity index is 0.000000171. The second-order valence-electron chi connectivity index (χ2n) is 24.4. The second-order valence-corrected chi connectivity index (χ2v) is 24.4. The van der Waals surface area contributed by atoms with Crippen molar-refractivity contribution in [1.29, 1.82) is 0 Å². The van der Waals surface area contributed by atoms with Gasteiger partial charge in [0.15, 0.2) is 0 Å². The molecule has 0 N–H and O–H groups in total. The summed E-state index contributed by atoms with van der Waals surface area (Å²) in [4.78, 5) is 0. The number of halogens is 2. The first kappa shape index (κ1) is 56.0. The molecule has 0 atom stereocenters. The maximum atomic E-state index is 3.49. The van der Waals surface area contributed by atoms with Crippen molar-refractivity contribution in [1.82, 2.24) is 0 Å². The van der Waals surface area contributed by atoms with Gasteiger partial charge in [-0.05, 0) is 196 Å². The molecule has 0 unspecified atom stereocenters. The average Bonchev–Trinajstić information content (AvgIpc) is 4.01. The summed E-state index contributed by atoms with van der Waals surface area (Å²) in [7, 11) is 0. The number of fused-ring (bicyclic) bond motifs is 2. The molecule has 0 aromatic heterocycles. The molecule has 6 aromatic carbocycles. The molecule has 0 spiro atoms. The van der Waals surface area contributed by atoms with E-state index in [-0.39, 0.29) is 32.2 Å². The van der Waals surface area contributed by atoms with Gasteiger partial charge in [0.05, 0.1) is 0 Å². The minimum atomic E-state index is 0. The Morgan fingerprint density at radius 1 is 0.472 bits per heavy atom. The molecular formula is C68H86Cl2SiZr-4. The topological polar surface area (TPSA) is 0 Å². The zero-order valence-corrected chi connectivity index (χ0v) is 49.2. The minimum Gasteiger partial charge on any atom is -0.164 e. The van der Waals surface area contributed by atoms with Crippen LogP contribution in [0.1, 0.15) is 176 Å². The molecule has 0 nitrogen and oxygen atoms in total. The van der Waals surface area contributed by atoms with Crippen molar-refractivity contribution in [2.45, 2.75) is 166 Å². The van der Waals surface area contributed by atoms with E-state index in [0.717, 1.165) is 77.4 Å². The van der Waals surface area contributed by atoms with E-state index in [1.54, 1.807) is 35.1 Å². The van der Waals surface area contributed by atoms with E-state index < -0.39 is 0 Å². The standard InChI is InChI=1S/2C32H37.C3H7.CH3.2ClH.Si.Zr/c2*1-2-5-24(6-3-1)25-9-11-26(12-10-25)30-8-4-7-27-14-23(20-32(27)30)19-31-28-15-21-13-22(17-28)18-29(31)16-21;1-3-2;;;;;/h2*4,7-12,14,20-22,24,28-29,31H,1-3,5-6,13,15-19H2;1,3H2,2H3;1H3;2*1H;;/q4*-1;;;;. The van der Waals surface area contributed by atoms with Crippen LogP contribution >= 0.6 is 24.8 Å². The summed E-state index contributed by atoms with van der Waals surface area (Å²) in [5.74, 6) is 11.9. The predicted octanol–water partition coefficient (Wildman–Crippen LogP) is 19.9. The molecule has 10 fully saturated rings. The summed E-state index contributed by atoms with van der Waals surface area (Å²) in [6, 6.07) is 43.2. The van der Waals surface area contributed by atoms with Gasteiger partial charge in [-0.3, -0.25) is 0 Å².